The summed E-state index contributed by atoms with van der Waals surface area (Å²) in [6.07, 6.45) is -0.548. The van der Waals surface area contributed by atoms with E-state index in [1.54, 1.807) is 59.3 Å². The molecule has 0 N–H and O–H groups in total. The monoisotopic (exact) mass is 458 g/mol. The molecule has 0 aliphatic carbocycles. The molecule has 32 heavy (non-hydrogen) atoms. The number of hydrogen-bond acceptors (Lipinski definition) is 4. The lowest BCUT2D eigenvalue weighted by atomic mass is 10.1. The zero-order chi connectivity index (χ0) is 22.9. The fraction of sp³-hybridized carbons (Fsp3) is 0.0870. The van der Waals surface area contributed by atoms with Crippen LogP contribution in [-0.4, -0.2) is 30.6 Å². The van der Waals surface area contributed by atoms with Crippen LogP contribution in [0.4, 0.5) is 13.2 Å². The van der Waals surface area contributed by atoms with Crippen LogP contribution in [0.5, 0.6) is 5.75 Å². The molecule has 3 aromatic carbocycles. The second kappa shape index (κ2) is 8.16. The van der Waals surface area contributed by atoms with Gasteiger partial charge in [0.25, 0.3) is 0 Å². The van der Waals surface area contributed by atoms with E-state index in [1.807, 2.05) is 0 Å². The zero-order valence-electron chi connectivity index (χ0n) is 16.7. The first kappa shape index (κ1) is 21.6. The van der Waals surface area contributed by atoms with E-state index in [9.17, 15) is 21.6 Å². The van der Waals surface area contributed by atoms with E-state index in [-0.39, 0.29) is 22.0 Å². The van der Waals surface area contributed by atoms with Crippen molar-refractivity contribution in [3.8, 4) is 34.0 Å². The first-order valence-corrected chi connectivity index (χ1v) is 11.3. The number of halogens is 3. The number of rotatable bonds is 5. The molecule has 0 saturated heterocycles. The van der Waals surface area contributed by atoms with Crippen LogP contribution in [0, 0.1) is 0 Å². The van der Waals surface area contributed by atoms with Gasteiger partial charge in [-0.1, -0.05) is 36.4 Å². The van der Waals surface area contributed by atoms with Gasteiger partial charge in [0.15, 0.2) is 9.84 Å². The quantitative estimate of drug-likeness (QED) is 0.396. The normalized spacial score (nSPS) is 12.0. The predicted octanol–water partition coefficient (Wildman–Crippen LogP) is 5.51. The van der Waals surface area contributed by atoms with Crippen LogP contribution in [0.2, 0.25) is 0 Å². The summed E-state index contributed by atoms with van der Waals surface area (Å²) in [4.78, 5) is 4.44. The van der Waals surface area contributed by atoms with E-state index in [0.717, 1.165) is 17.4 Å². The number of hydrogen-bond donors (Lipinski definition) is 0. The number of para-hydroxylation sites is 1. The molecule has 0 radical (unpaired) electrons. The molecule has 164 valence electrons. The Morgan fingerprint density at radius 2 is 1.62 bits per heavy atom. The molecule has 0 fully saturated rings. The zero-order valence-corrected chi connectivity index (χ0v) is 17.6. The Morgan fingerprint density at radius 1 is 0.906 bits per heavy atom. The minimum absolute atomic E-state index is 0.194. The van der Waals surface area contributed by atoms with E-state index in [0.29, 0.717) is 5.69 Å². The molecule has 4 rings (SSSR count). The van der Waals surface area contributed by atoms with Gasteiger partial charge in [-0.2, -0.15) is 0 Å². The third-order valence-corrected chi connectivity index (χ3v) is 5.85. The number of alkyl halides is 3. The minimum Gasteiger partial charge on any atom is -0.405 e. The van der Waals surface area contributed by atoms with E-state index < -0.39 is 16.2 Å². The Kier molecular flexibility index (Phi) is 5.52. The largest absolute Gasteiger partial charge is 0.573 e. The molecule has 9 heteroatoms. The summed E-state index contributed by atoms with van der Waals surface area (Å²) in [5, 5.41) is 0. The smallest absolute Gasteiger partial charge is 0.405 e. The van der Waals surface area contributed by atoms with Gasteiger partial charge < -0.3 is 4.74 Å². The fourth-order valence-electron chi connectivity index (χ4n) is 3.30. The summed E-state index contributed by atoms with van der Waals surface area (Å²) in [6, 6.07) is 19.6. The average molecular weight is 458 g/mol. The summed E-state index contributed by atoms with van der Waals surface area (Å²) in [5.41, 5.74) is 2.39. The molecule has 0 aliphatic heterocycles. The third kappa shape index (κ3) is 4.67. The van der Waals surface area contributed by atoms with Crippen molar-refractivity contribution in [1.82, 2.24) is 9.55 Å². The van der Waals surface area contributed by atoms with E-state index >= 15 is 0 Å². The number of aromatic nitrogens is 2. The summed E-state index contributed by atoms with van der Waals surface area (Å²) < 4.78 is 67.9. The maximum atomic E-state index is 12.8. The van der Waals surface area contributed by atoms with Crippen molar-refractivity contribution >= 4 is 9.84 Å². The van der Waals surface area contributed by atoms with Gasteiger partial charge in [0.2, 0.25) is 0 Å². The molecular formula is C23H17F3N2O3S. The standard InChI is InChI=1S/C23H17F3N2O3S/c1-32(29,30)19-6-4-5-17(15-19)16-9-11-18(12-10-16)28-14-13-27-22(28)20-7-2-3-8-21(20)31-23(24,25)26/h2-15H,1H3. The van der Waals surface area contributed by atoms with Crippen LogP contribution in [0.25, 0.3) is 28.2 Å². The molecule has 1 aromatic heterocycles. The van der Waals surface area contributed by atoms with Crippen LogP contribution in [0.15, 0.2) is 90.1 Å². The number of benzene rings is 3. The van der Waals surface area contributed by atoms with Gasteiger partial charge >= 0.3 is 6.36 Å². The van der Waals surface area contributed by atoms with Crippen molar-refractivity contribution in [3.63, 3.8) is 0 Å². The van der Waals surface area contributed by atoms with Gasteiger partial charge in [-0.25, -0.2) is 13.4 Å². The van der Waals surface area contributed by atoms with Crippen LogP contribution < -0.4 is 4.74 Å². The van der Waals surface area contributed by atoms with Crippen molar-refractivity contribution in [2.75, 3.05) is 6.26 Å². The van der Waals surface area contributed by atoms with Crippen molar-refractivity contribution in [2.24, 2.45) is 0 Å². The molecule has 0 unspecified atom stereocenters. The summed E-state index contributed by atoms with van der Waals surface area (Å²) in [6.45, 7) is 0. The molecule has 0 amide bonds. The molecule has 0 bridgehead atoms. The highest BCUT2D eigenvalue weighted by Gasteiger charge is 2.32. The van der Waals surface area contributed by atoms with Gasteiger partial charge in [-0.3, -0.25) is 4.57 Å². The Bertz CT molecular complexity index is 1360. The molecule has 0 aliphatic rings. The van der Waals surface area contributed by atoms with Gasteiger partial charge in [0.1, 0.15) is 11.6 Å². The summed E-state index contributed by atoms with van der Waals surface area (Å²) in [7, 11) is -3.33. The van der Waals surface area contributed by atoms with Crippen molar-refractivity contribution < 1.29 is 26.3 Å². The van der Waals surface area contributed by atoms with Gasteiger partial charge in [-0.05, 0) is 47.5 Å². The molecular weight excluding hydrogens is 441 g/mol. The minimum atomic E-state index is -4.82. The van der Waals surface area contributed by atoms with Crippen LogP contribution in [0.1, 0.15) is 0 Å². The number of ether oxygens (including phenoxy) is 1. The van der Waals surface area contributed by atoms with Crippen molar-refractivity contribution in [2.45, 2.75) is 11.3 Å². The highest BCUT2D eigenvalue weighted by atomic mass is 32.2. The lowest BCUT2D eigenvalue weighted by Gasteiger charge is -2.14. The van der Waals surface area contributed by atoms with Crippen LogP contribution >= 0.6 is 0 Å². The van der Waals surface area contributed by atoms with Gasteiger partial charge in [0, 0.05) is 24.3 Å². The topological polar surface area (TPSA) is 61.2 Å². The Hall–Kier alpha value is -3.59. The van der Waals surface area contributed by atoms with E-state index in [1.165, 1.54) is 30.5 Å². The molecule has 0 atom stereocenters. The molecule has 0 spiro atoms. The van der Waals surface area contributed by atoms with Crippen LogP contribution in [-0.2, 0) is 9.84 Å². The van der Waals surface area contributed by atoms with E-state index in [2.05, 4.69) is 9.72 Å². The fourth-order valence-corrected chi connectivity index (χ4v) is 3.96. The van der Waals surface area contributed by atoms with Crippen LogP contribution in [0.3, 0.4) is 0 Å². The summed E-state index contributed by atoms with van der Waals surface area (Å²) in [5.74, 6) is -0.0571. The molecule has 0 saturated carbocycles. The predicted molar refractivity (Wildman–Crippen MR) is 114 cm³/mol. The Balaban J connectivity index is 1.70. The molecule has 4 aromatic rings. The second-order valence-electron chi connectivity index (χ2n) is 7.01. The maximum Gasteiger partial charge on any atom is 0.573 e. The highest BCUT2D eigenvalue weighted by molar-refractivity contribution is 7.90. The number of imidazole rings is 1. The summed E-state index contributed by atoms with van der Waals surface area (Å²) >= 11 is 0. The van der Waals surface area contributed by atoms with Gasteiger partial charge in [0.05, 0.1) is 10.5 Å². The SMILES string of the molecule is CS(=O)(=O)c1cccc(-c2ccc(-n3ccnc3-c3ccccc3OC(F)(F)F)cc2)c1. The number of nitrogens with zero attached hydrogens (tertiary/aromatic N) is 2. The molecule has 5 nitrogen and oxygen atoms in total. The lowest BCUT2D eigenvalue weighted by Crippen LogP contribution is -2.17. The van der Waals surface area contributed by atoms with Gasteiger partial charge in [-0.15, -0.1) is 13.2 Å². The maximum absolute atomic E-state index is 12.8. The van der Waals surface area contributed by atoms with Crippen molar-refractivity contribution in [3.05, 3.63) is 85.2 Å². The average Bonchev–Trinajstić information content (AvgIpc) is 3.22. The van der Waals surface area contributed by atoms with Crippen molar-refractivity contribution in [1.29, 1.82) is 0 Å². The second-order valence-corrected chi connectivity index (χ2v) is 9.03. The Labute approximate surface area is 182 Å². The first-order valence-electron chi connectivity index (χ1n) is 9.41. The molecule has 1 heterocycles. The van der Waals surface area contributed by atoms with E-state index in [4.69, 9.17) is 0 Å². The first-order chi connectivity index (χ1) is 15.1. The third-order valence-electron chi connectivity index (χ3n) is 4.74. The number of sulfone groups is 1. The Morgan fingerprint density at radius 3 is 2.31 bits per heavy atom. The lowest BCUT2D eigenvalue weighted by molar-refractivity contribution is -0.274. The highest BCUT2D eigenvalue weighted by Crippen LogP contribution is 2.34.